The molecule has 0 aromatic rings. The van der Waals surface area contributed by atoms with E-state index in [-0.39, 0.29) is 18.7 Å². The molecule has 0 aromatic carbocycles. The number of hydrogen-bond acceptors (Lipinski definition) is 3. The maximum atomic E-state index is 10.4. The summed E-state index contributed by atoms with van der Waals surface area (Å²) in [5.41, 5.74) is 0. The van der Waals surface area contributed by atoms with E-state index in [9.17, 15) is 4.79 Å². The molecule has 60 valence electrons. The topological polar surface area (TPSA) is 35.5 Å². The normalized spacial score (nSPS) is 21.0. The molecule has 0 fully saturated rings. The van der Waals surface area contributed by atoms with E-state index >= 15 is 0 Å². The Kier molecular flexibility index (Phi) is 2.72. The van der Waals surface area contributed by atoms with Crippen LogP contribution < -0.4 is 0 Å². The molecule has 1 aliphatic heterocycles. The second kappa shape index (κ2) is 3.81. The molecule has 1 heterocycles. The van der Waals surface area contributed by atoms with Crippen molar-refractivity contribution in [3.8, 4) is 0 Å². The SMILES string of the molecule is CC(=O)OCC1C=CC=CO1. The molecule has 0 amide bonds. The van der Waals surface area contributed by atoms with Crippen molar-refractivity contribution in [1.29, 1.82) is 0 Å². The number of rotatable bonds is 2. The third-order valence-electron chi connectivity index (χ3n) is 1.22. The molecule has 0 spiro atoms. The minimum atomic E-state index is -0.281. The first-order valence-corrected chi connectivity index (χ1v) is 3.41. The van der Waals surface area contributed by atoms with Crippen LogP contribution >= 0.6 is 0 Å². The number of carbonyl (C=O) groups is 1. The molecular weight excluding hydrogens is 144 g/mol. The molecule has 1 rings (SSSR count). The van der Waals surface area contributed by atoms with E-state index in [2.05, 4.69) is 0 Å². The van der Waals surface area contributed by atoms with Crippen LogP contribution in [0.2, 0.25) is 0 Å². The molecular formula is C8H10O3. The molecule has 0 N–H and O–H groups in total. The lowest BCUT2D eigenvalue weighted by atomic mass is 10.3. The van der Waals surface area contributed by atoms with E-state index in [1.165, 1.54) is 6.92 Å². The van der Waals surface area contributed by atoms with Gasteiger partial charge in [0.1, 0.15) is 6.61 Å². The van der Waals surface area contributed by atoms with E-state index < -0.39 is 0 Å². The quantitative estimate of drug-likeness (QED) is 0.557. The first-order valence-electron chi connectivity index (χ1n) is 3.41. The van der Waals surface area contributed by atoms with Gasteiger partial charge in [-0.25, -0.2) is 0 Å². The van der Waals surface area contributed by atoms with Crippen LogP contribution in [-0.2, 0) is 14.3 Å². The number of allylic oxidation sites excluding steroid dienone is 2. The van der Waals surface area contributed by atoms with E-state index in [0.29, 0.717) is 0 Å². The Morgan fingerprint density at radius 3 is 3.00 bits per heavy atom. The molecule has 3 heteroatoms. The summed E-state index contributed by atoms with van der Waals surface area (Å²) in [7, 11) is 0. The lowest BCUT2D eigenvalue weighted by Crippen LogP contribution is -2.17. The van der Waals surface area contributed by atoms with Gasteiger partial charge in [0.2, 0.25) is 0 Å². The fourth-order valence-corrected chi connectivity index (χ4v) is 0.719. The highest BCUT2D eigenvalue weighted by Crippen LogP contribution is 2.02. The molecule has 0 aromatic heterocycles. The van der Waals surface area contributed by atoms with Crippen molar-refractivity contribution < 1.29 is 14.3 Å². The van der Waals surface area contributed by atoms with Gasteiger partial charge in [-0.3, -0.25) is 4.79 Å². The van der Waals surface area contributed by atoms with Crippen molar-refractivity contribution >= 4 is 5.97 Å². The molecule has 1 atom stereocenters. The summed E-state index contributed by atoms with van der Waals surface area (Å²) in [6, 6.07) is 0. The van der Waals surface area contributed by atoms with Crippen LogP contribution in [0.3, 0.4) is 0 Å². The first kappa shape index (κ1) is 7.85. The Bertz CT molecular complexity index is 194. The number of esters is 1. The van der Waals surface area contributed by atoms with Crippen molar-refractivity contribution in [2.24, 2.45) is 0 Å². The van der Waals surface area contributed by atoms with Gasteiger partial charge in [0, 0.05) is 6.92 Å². The van der Waals surface area contributed by atoms with E-state index in [4.69, 9.17) is 9.47 Å². The molecule has 0 saturated carbocycles. The van der Waals surface area contributed by atoms with Gasteiger partial charge in [-0.05, 0) is 12.2 Å². The molecule has 0 radical (unpaired) electrons. The third kappa shape index (κ3) is 2.89. The van der Waals surface area contributed by atoms with Crippen LogP contribution in [0.4, 0.5) is 0 Å². The van der Waals surface area contributed by atoms with E-state index in [0.717, 1.165) is 0 Å². The van der Waals surface area contributed by atoms with Crippen LogP contribution in [0.1, 0.15) is 6.92 Å². The smallest absolute Gasteiger partial charge is 0.302 e. The number of carbonyl (C=O) groups excluding carboxylic acids is 1. The van der Waals surface area contributed by atoms with Gasteiger partial charge >= 0.3 is 5.97 Å². The van der Waals surface area contributed by atoms with Crippen LogP contribution in [0.25, 0.3) is 0 Å². The zero-order chi connectivity index (χ0) is 8.10. The molecule has 0 aliphatic carbocycles. The van der Waals surface area contributed by atoms with Crippen LogP contribution in [0, 0.1) is 0 Å². The highest BCUT2D eigenvalue weighted by atomic mass is 16.6. The number of hydrogen-bond donors (Lipinski definition) is 0. The zero-order valence-corrected chi connectivity index (χ0v) is 6.32. The molecule has 1 unspecified atom stereocenters. The summed E-state index contributed by atoms with van der Waals surface area (Å²) in [4.78, 5) is 10.4. The standard InChI is InChI=1S/C8H10O3/c1-7(9)11-6-8-4-2-3-5-10-8/h2-5,8H,6H2,1H3. The number of ether oxygens (including phenoxy) is 2. The van der Waals surface area contributed by atoms with Crippen LogP contribution in [0.15, 0.2) is 24.5 Å². The fraction of sp³-hybridized carbons (Fsp3) is 0.375. The van der Waals surface area contributed by atoms with Crippen LogP contribution in [-0.4, -0.2) is 18.7 Å². The summed E-state index contributed by atoms with van der Waals surface area (Å²) in [6.45, 7) is 1.67. The zero-order valence-electron chi connectivity index (χ0n) is 6.32. The summed E-state index contributed by atoms with van der Waals surface area (Å²) in [5, 5.41) is 0. The van der Waals surface area contributed by atoms with Gasteiger partial charge < -0.3 is 9.47 Å². The lowest BCUT2D eigenvalue weighted by Gasteiger charge is -2.13. The summed E-state index contributed by atoms with van der Waals surface area (Å²) < 4.78 is 9.82. The predicted octanol–water partition coefficient (Wildman–Crippen LogP) is 1.02. The minimum absolute atomic E-state index is 0.121. The lowest BCUT2D eigenvalue weighted by molar-refractivity contribution is -0.143. The van der Waals surface area contributed by atoms with Crippen molar-refractivity contribution in [3.05, 3.63) is 24.5 Å². The molecule has 0 bridgehead atoms. The Morgan fingerprint density at radius 1 is 1.64 bits per heavy atom. The van der Waals surface area contributed by atoms with Crippen molar-refractivity contribution in [2.45, 2.75) is 13.0 Å². The molecule has 11 heavy (non-hydrogen) atoms. The van der Waals surface area contributed by atoms with Gasteiger partial charge in [-0.1, -0.05) is 6.08 Å². The predicted molar refractivity (Wildman–Crippen MR) is 39.8 cm³/mol. The summed E-state index contributed by atoms with van der Waals surface area (Å²) in [5.74, 6) is -0.281. The van der Waals surface area contributed by atoms with Gasteiger partial charge in [-0.15, -0.1) is 0 Å². The summed E-state index contributed by atoms with van der Waals surface area (Å²) >= 11 is 0. The molecule has 1 aliphatic rings. The van der Waals surface area contributed by atoms with E-state index in [1.54, 1.807) is 12.3 Å². The second-order valence-corrected chi connectivity index (χ2v) is 2.19. The largest absolute Gasteiger partial charge is 0.490 e. The molecule has 0 saturated heterocycles. The second-order valence-electron chi connectivity index (χ2n) is 2.19. The highest BCUT2D eigenvalue weighted by molar-refractivity contribution is 5.65. The Balaban J connectivity index is 2.22. The minimum Gasteiger partial charge on any atom is -0.490 e. The van der Waals surface area contributed by atoms with Crippen LogP contribution in [0.5, 0.6) is 0 Å². The monoisotopic (exact) mass is 154 g/mol. The Labute approximate surface area is 65.3 Å². The van der Waals surface area contributed by atoms with Crippen molar-refractivity contribution in [1.82, 2.24) is 0 Å². The average molecular weight is 154 g/mol. The summed E-state index contributed by atoms with van der Waals surface area (Å²) in [6.07, 6.45) is 6.93. The van der Waals surface area contributed by atoms with Crippen molar-refractivity contribution in [3.63, 3.8) is 0 Å². The Morgan fingerprint density at radius 2 is 2.45 bits per heavy atom. The van der Waals surface area contributed by atoms with Gasteiger partial charge in [-0.2, -0.15) is 0 Å². The third-order valence-corrected chi connectivity index (χ3v) is 1.22. The van der Waals surface area contributed by atoms with Crippen molar-refractivity contribution in [2.75, 3.05) is 6.61 Å². The highest BCUT2D eigenvalue weighted by Gasteiger charge is 2.06. The van der Waals surface area contributed by atoms with Gasteiger partial charge in [0.25, 0.3) is 0 Å². The van der Waals surface area contributed by atoms with Gasteiger partial charge in [0.15, 0.2) is 6.10 Å². The van der Waals surface area contributed by atoms with Gasteiger partial charge in [0.05, 0.1) is 6.26 Å². The molecule has 3 nitrogen and oxygen atoms in total. The maximum absolute atomic E-state index is 10.4. The first-order chi connectivity index (χ1) is 5.29. The maximum Gasteiger partial charge on any atom is 0.302 e. The Hall–Kier alpha value is -1.25. The fourth-order valence-electron chi connectivity index (χ4n) is 0.719. The average Bonchev–Trinajstić information content (AvgIpc) is 2.03. The van der Waals surface area contributed by atoms with E-state index in [1.807, 2.05) is 12.2 Å².